The van der Waals surface area contributed by atoms with Crippen LogP contribution < -0.4 is 16.4 Å². The Bertz CT molecular complexity index is 1200. The van der Waals surface area contributed by atoms with Gasteiger partial charge in [0.1, 0.15) is 11.2 Å². The lowest BCUT2D eigenvalue weighted by atomic mass is 9.52. The molecule has 2 unspecified atom stereocenters. The Balaban J connectivity index is 1.37. The topological polar surface area (TPSA) is 155 Å². The molecule has 6 rings (SSSR count). The molecule has 2 atom stereocenters. The van der Waals surface area contributed by atoms with E-state index in [1.165, 1.54) is 13.3 Å². The second-order valence-corrected chi connectivity index (χ2v) is 11.0. The van der Waals surface area contributed by atoms with E-state index in [-0.39, 0.29) is 23.8 Å². The van der Waals surface area contributed by atoms with Crippen LogP contribution in [0.4, 0.5) is 9.59 Å². The molecule has 4 saturated carbocycles. The lowest BCUT2D eigenvalue weighted by molar-refractivity contribution is -0.137. The molecule has 0 radical (unpaired) electrons. The smallest absolute Gasteiger partial charge is 0.407 e. The first kappa shape index (κ1) is 24.8. The molecule has 4 bridgehead atoms. The highest BCUT2D eigenvalue weighted by Gasteiger charge is 2.57. The van der Waals surface area contributed by atoms with E-state index in [4.69, 9.17) is 10.5 Å². The van der Waals surface area contributed by atoms with Crippen LogP contribution in [0.25, 0.3) is 12.0 Å². The summed E-state index contributed by atoms with van der Waals surface area (Å²) in [5, 5.41) is 14.7. The number of primary amides is 1. The minimum Gasteiger partial charge on any atom is -0.453 e. The van der Waals surface area contributed by atoms with Crippen molar-refractivity contribution in [3.8, 4) is 5.82 Å². The van der Waals surface area contributed by atoms with E-state index >= 15 is 0 Å². The predicted molar refractivity (Wildman–Crippen MR) is 133 cm³/mol. The first-order valence-corrected chi connectivity index (χ1v) is 12.5. The number of hydrogen-bond donors (Lipinski definition) is 3. The van der Waals surface area contributed by atoms with Crippen LogP contribution in [0.5, 0.6) is 0 Å². The molecule has 3 amide bonds. The van der Waals surface area contributed by atoms with Gasteiger partial charge in [0.25, 0.3) is 5.91 Å². The number of rotatable bonds is 7. The predicted octanol–water partition coefficient (Wildman–Crippen LogP) is 2.45. The van der Waals surface area contributed by atoms with Gasteiger partial charge >= 0.3 is 12.2 Å². The molecule has 0 saturated heterocycles. The summed E-state index contributed by atoms with van der Waals surface area (Å²) in [4.78, 5) is 36.8. The molecule has 4 fully saturated rings. The number of methoxy groups -OCH3 is 1. The summed E-state index contributed by atoms with van der Waals surface area (Å²) in [5.74, 6) is 1.18. The Labute approximate surface area is 214 Å². The fourth-order valence-corrected chi connectivity index (χ4v) is 6.61. The number of carbonyl (C=O) groups excluding carboxylic acids is 3. The van der Waals surface area contributed by atoms with E-state index in [1.54, 1.807) is 40.1 Å². The Kier molecular flexibility index (Phi) is 6.20. The highest BCUT2D eigenvalue weighted by molar-refractivity contribution is 5.97. The molecule has 2 heterocycles. The Morgan fingerprint density at radius 3 is 2.54 bits per heavy atom. The third-order valence-electron chi connectivity index (χ3n) is 7.81. The summed E-state index contributed by atoms with van der Waals surface area (Å²) in [6.07, 6.45) is 11.3. The fraction of sp³-hybridized carbons (Fsp3) is 0.560. The van der Waals surface area contributed by atoms with Gasteiger partial charge in [-0.25, -0.2) is 19.0 Å². The molecule has 37 heavy (non-hydrogen) atoms. The molecule has 4 N–H and O–H groups in total. The number of nitrogens with one attached hydrogen (secondary N) is 2. The van der Waals surface area contributed by atoms with Crippen molar-refractivity contribution in [3.63, 3.8) is 0 Å². The normalized spacial score (nSPS) is 28.3. The monoisotopic (exact) mass is 511 g/mol. The largest absolute Gasteiger partial charge is 0.453 e. The van der Waals surface area contributed by atoms with Gasteiger partial charge in [0.2, 0.25) is 0 Å². The lowest BCUT2D eigenvalue weighted by Crippen LogP contribution is -2.63. The van der Waals surface area contributed by atoms with E-state index in [2.05, 4.69) is 25.6 Å². The van der Waals surface area contributed by atoms with Crippen LogP contribution in [0.1, 0.15) is 56.3 Å². The first-order chi connectivity index (χ1) is 17.6. The quantitative estimate of drug-likeness (QED) is 0.515. The molecule has 4 aliphatic carbocycles. The van der Waals surface area contributed by atoms with Gasteiger partial charge in [-0.2, -0.15) is 10.2 Å². The summed E-state index contributed by atoms with van der Waals surface area (Å²) in [7, 11) is 1.30. The highest BCUT2D eigenvalue weighted by Crippen LogP contribution is 2.57. The SMILES string of the molecule is COC(=O)NC(C)(C)/C=C/n1ncc(C(=O)NC2C3CC4CC2CC(OC(N)=O)(C4)C3)c1-n1cccn1. The van der Waals surface area contributed by atoms with Crippen molar-refractivity contribution >= 4 is 24.3 Å². The second kappa shape index (κ2) is 9.24. The van der Waals surface area contributed by atoms with E-state index in [0.717, 1.165) is 19.3 Å². The standard InChI is InChI=1S/C25H33N7O5/c1-24(2,30-23(35)36-3)5-8-32-21(31-7-4-6-27-31)18(14-28-32)20(33)29-19-16-9-15-10-17(19)13-25(11-15,12-16)37-22(26)34/h4-8,14-17,19H,9-13H2,1-3H3,(H2,26,34)(H,29,33)(H,30,35)/b8-5+. The molecular weight excluding hydrogens is 478 g/mol. The van der Waals surface area contributed by atoms with Gasteiger partial charge in [-0.05, 0) is 75.8 Å². The van der Waals surface area contributed by atoms with Gasteiger partial charge in [0, 0.05) is 24.6 Å². The van der Waals surface area contributed by atoms with Crippen LogP contribution in [0.3, 0.4) is 0 Å². The minimum absolute atomic E-state index is 0.0128. The van der Waals surface area contributed by atoms with Crippen molar-refractivity contribution in [1.29, 1.82) is 0 Å². The van der Waals surface area contributed by atoms with Gasteiger partial charge in [-0.15, -0.1) is 0 Å². The molecule has 198 valence electrons. The fourth-order valence-electron chi connectivity index (χ4n) is 6.61. The number of amides is 3. The average Bonchev–Trinajstić information content (AvgIpc) is 3.48. The summed E-state index contributed by atoms with van der Waals surface area (Å²) >= 11 is 0. The minimum atomic E-state index is -0.730. The van der Waals surface area contributed by atoms with Crippen LogP contribution in [-0.2, 0) is 9.47 Å². The number of carbonyl (C=O) groups is 3. The molecular formula is C25H33N7O5. The van der Waals surface area contributed by atoms with E-state index in [0.29, 0.717) is 30.1 Å². The zero-order chi connectivity index (χ0) is 26.4. The summed E-state index contributed by atoms with van der Waals surface area (Å²) in [5.41, 5.74) is 4.53. The molecule has 12 heteroatoms. The molecule has 2 aromatic heterocycles. The van der Waals surface area contributed by atoms with E-state index < -0.39 is 23.3 Å². The van der Waals surface area contributed by atoms with Gasteiger partial charge < -0.3 is 25.8 Å². The maximum Gasteiger partial charge on any atom is 0.407 e. The van der Waals surface area contributed by atoms with Crippen molar-refractivity contribution in [2.24, 2.45) is 23.5 Å². The second-order valence-electron chi connectivity index (χ2n) is 11.0. The lowest BCUT2D eigenvalue weighted by Gasteiger charge is -2.58. The Hall–Kier alpha value is -3.83. The molecule has 4 aliphatic rings. The van der Waals surface area contributed by atoms with Crippen molar-refractivity contribution in [1.82, 2.24) is 30.2 Å². The van der Waals surface area contributed by atoms with Crippen molar-refractivity contribution in [3.05, 3.63) is 36.3 Å². The average molecular weight is 512 g/mol. The summed E-state index contributed by atoms with van der Waals surface area (Å²) in [6.45, 7) is 3.62. The van der Waals surface area contributed by atoms with Gasteiger partial charge in [-0.3, -0.25) is 4.79 Å². The molecule has 0 aliphatic heterocycles. The number of hydrogen-bond acceptors (Lipinski definition) is 7. The number of ether oxygens (including phenoxy) is 2. The van der Waals surface area contributed by atoms with Crippen molar-refractivity contribution in [2.75, 3.05) is 7.11 Å². The summed E-state index contributed by atoms with van der Waals surface area (Å²) < 4.78 is 13.4. The number of nitrogens with zero attached hydrogens (tertiary/aromatic N) is 4. The van der Waals surface area contributed by atoms with Crippen LogP contribution in [0, 0.1) is 17.8 Å². The van der Waals surface area contributed by atoms with Gasteiger partial charge in [-0.1, -0.05) is 0 Å². The number of nitrogens with two attached hydrogens (primary N) is 1. The third kappa shape index (κ3) is 4.92. The van der Waals surface area contributed by atoms with E-state index in [1.807, 2.05) is 13.8 Å². The zero-order valence-electron chi connectivity index (χ0n) is 21.2. The maximum absolute atomic E-state index is 13.6. The van der Waals surface area contributed by atoms with E-state index in [9.17, 15) is 14.4 Å². The van der Waals surface area contributed by atoms with Crippen molar-refractivity contribution in [2.45, 2.75) is 63.1 Å². The van der Waals surface area contributed by atoms with Crippen molar-refractivity contribution < 1.29 is 23.9 Å². The third-order valence-corrected chi connectivity index (χ3v) is 7.81. The van der Waals surface area contributed by atoms with Crippen LogP contribution in [-0.4, -0.2) is 61.9 Å². The van der Waals surface area contributed by atoms with Crippen LogP contribution in [0.15, 0.2) is 30.7 Å². The maximum atomic E-state index is 13.6. The Morgan fingerprint density at radius 2 is 1.92 bits per heavy atom. The molecule has 0 spiro atoms. The van der Waals surface area contributed by atoms with Crippen LogP contribution >= 0.6 is 0 Å². The Morgan fingerprint density at radius 1 is 1.19 bits per heavy atom. The van der Waals surface area contributed by atoms with Gasteiger partial charge in [0.05, 0.1) is 18.8 Å². The van der Waals surface area contributed by atoms with Gasteiger partial charge in [0.15, 0.2) is 5.82 Å². The van der Waals surface area contributed by atoms with Crippen LogP contribution in [0.2, 0.25) is 0 Å². The highest BCUT2D eigenvalue weighted by atomic mass is 16.6. The molecule has 12 nitrogen and oxygen atoms in total. The first-order valence-electron chi connectivity index (χ1n) is 12.5. The number of aromatic nitrogens is 4. The molecule has 0 aromatic carbocycles. The number of alkyl carbamates (subject to hydrolysis) is 1. The summed E-state index contributed by atoms with van der Waals surface area (Å²) in [6, 6.07) is 1.75. The zero-order valence-corrected chi connectivity index (χ0v) is 21.2. The molecule has 2 aromatic rings.